The van der Waals surface area contributed by atoms with E-state index in [4.69, 9.17) is 22.1 Å². The first-order valence-electron chi connectivity index (χ1n) is 10.6. The maximum Gasteiger partial charge on any atom is 0.261 e. The molecule has 1 fully saturated rings. The number of ether oxygens (including phenoxy) is 1. The number of amides is 2. The first kappa shape index (κ1) is 22.7. The van der Waals surface area contributed by atoms with Gasteiger partial charge in [-0.25, -0.2) is 9.97 Å². The van der Waals surface area contributed by atoms with Crippen LogP contribution in [0.5, 0.6) is 5.88 Å². The van der Waals surface area contributed by atoms with Crippen LogP contribution in [-0.2, 0) is 16.1 Å². The molecule has 1 aliphatic rings. The molecule has 1 atom stereocenters. The third-order valence-corrected chi connectivity index (χ3v) is 5.68. The van der Waals surface area contributed by atoms with Crippen molar-refractivity contribution >= 4 is 40.1 Å². The van der Waals surface area contributed by atoms with Crippen LogP contribution in [-0.4, -0.2) is 67.3 Å². The van der Waals surface area contributed by atoms with E-state index >= 15 is 0 Å². The van der Waals surface area contributed by atoms with Gasteiger partial charge in [-0.2, -0.15) is 4.98 Å². The predicted molar refractivity (Wildman–Crippen MR) is 122 cm³/mol. The van der Waals surface area contributed by atoms with Crippen molar-refractivity contribution in [3.8, 4) is 5.88 Å². The Hall–Kier alpha value is -3.53. The van der Waals surface area contributed by atoms with Gasteiger partial charge in [-0.15, -0.1) is 0 Å². The molecule has 1 saturated heterocycles. The minimum Gasteiger partial charge on any atom is -0.466 e. The van der Waals surface area contributed by atoms with Gasteiger partial charge in [0, 0.05) is 25.0 Å². The zero-order valence-corrected chi connectivity index (χ0v) is 18.9. The molecule has 1 aromatic carbocycles. The van der Waals surface area contributed by atoms with Crippen LogP contribution in [0, 0.1) is 0 Å². The van der Waals surface area contributed by atoms with Gasteiger partial charge in [0.2, 0.25) is 11.8 Å². The van der Waals surface area contributed by atoms with Crippen molar-refractivity contribution in [2.45, 2.75) is 32.4 Å². The number of benzene rings is 1. The van der Waals surface area contributed by atoms with Crippen LogP contribution in [0.2, 0.25) is 5.15 Å². The number of rotatable bonds is 7. The van der Waals surface area contributed by atoms with Crippen molar-refractivity contribution in [2.75, 3.05) is 25.4 Å². The van der Waals surface area contributed by atoms with E-state index in [0.29, 0.717) is 31.9 Å². The molecule has 33 heavy (non-hydrogen) atoms. The molecule has 172 valence electrons. The van der Waals surface area contributed by atoms with Gasteiger partial charge in [0.25, 0.3) is 5.91 Å². The molecular formula is C22H24ClN7O3. The molecule has 0 bridgehead atoms. The van der Waals surface area contributed by atoms with Gasteiger partial charge in [0.15, 0.2) is 11.8 Å². The van der Waals surface area contributed by atoms with Gasteiger partial charge in [-0.1, -0.05) is 31.0 Å². The molecule has 2 N–H and O–H groups in total. The number of anilines is 1. The molecule has 4 rings (SSSR count). The van der Waals surface area contributed by atoms with E-state index < -0.39 is 6.04 Å². The fourth-order valence-electron chi connectivity index (χ4n) is 3.90. The quantitative estimate of drug-likeness (QED) is 0.557. The summed E-state index contributed by atoms with van der Waals surface area (Å²) in [6.07, 6.45) is 5.52. The second-order valence-electron chi connectivity index (χ2n) is 7.73. The van der Waals surface area contributed by atoms with Crippen molar-refractivity contribution < 1.29 is 14.3 Å². The SMILES string of the molecule is CCC[C@H]1C(=O)N(Cc2ccc3c(N)ncnc3c2)CCN1C(=O)COc1cncc(Cl)n1. The van der Waals surface area contributed by atoms with Gasteiger partial charge >= 0.3 is 0 Å². The lowest BCUT2D eigenvalue weighted by atomic mass is 10.0. The Morgan fingerprint density at radius 3 is 2.91 bits per heavy atom. The highest BCUT2D eigenvalue weighted by molar-refractivity contribution is 6.29. The smallest absolute Gasteiger partial charge is 0.261 e. The third kappa shape index (κ3) is 5.11. The monoisotopic (exact) mass is 469 g/mol. The molecule has 0 unspecified atom stereocenters. The standard InChI is InChI=1S/C22H24ClN7O3/c1-2-3-17-22(32)29(11-14-4-5-15-16(8-14)26-13-27-21(15)24)6-7-30(17)20(31)12-33-19-10-25-9-18(23)28-19/h4-5,8-10,13,17H,2-3,6-7,11-12H2,1H3,(H2,24,26,27)/t17-/m0/s1. The summed E-state index contributed by atoms with van der Waals surface area (Å²) in [5.74, 6) is 0.222. The highest BCUT2D eigenvalue weighted by atomic mass is 35.5. The topological polar surface area (TPSA) is 127 Å². The maximum absolute atomic E-state index is 13.3. The Balaban J connectivity index is 1.44. The Morgan fingerprint density at radius 1 is 1.27 bits per heavy atom. The van der Waals surface area contributed by atoms with E-state index in [1.165, 1.54) is 18.7 Å². The van der Waals surface area contributed by atoms with E-state index in [2.05, 4.69) is 19.9 Å². The summed E-state index contributed by atoms with van der Waals surface area (Å²) < 4.78 is 5.44. The molecule has 3 heterocycles. The highest BCUT2D eigenvalue weighted by Gasteiger charge is 2.36. The Morgan fingerprint density at radius 2 is 2.12 bits per heavy atom. The fourth-order valence-corrected chi connectivity index (χ4v) is 4.04. The lowest BCUT2D eigenvalue weighted by Gasteiger charge is -2.40. The summed E-state index contributed by atoms with van der Waals surface area (Å²) >= 11 is 5.80. The molecule has 3 aromatic rings. The second kappa shape index (κ2) is 9.95. The number of carbonyl (C=O) groups is 2. The normalized spacial score (nSPS) is 16.3. The largest absolute Gasteiger partial charge is 0.466 e. The van der Waals surface area contributed by atoms with Crippen LogP contribution < -0.4 is 10.5 Å². The second-order valence-corrected chi connectivity index (χ2v) is 8.12. The van der Waals surface area contributed by atoms with Crippen LogP contribution in [0.4, 0.5) is 5.82 Å². The number of piperazine rings is 1. The van der Waals surface area contributed by atoms with Gasteiger partial charge in [0.1, 0.15) is 18.2 Å². The van der Waals surface area contributed by atoms with Crippen molar-refractivity contribution in [3.05, 3.63) is 47.6 Å². The summed E-state index contributed by atoms with van der Waals surface area (Å²) in [6.45, 7) is 3.01. The molecule has 0 spiro atoms. The Kier molecular flexibility index (Phi) is 6.83. The van der Waals surface area contributed by atoms with E-state index in [-0.39, 0.29) is 29.5 Å². The average Bonchev–Trinajstić information content (AvgIpc) is 2.80. The number of nitrogens with two attached hydrogens (primary N) is 1. The number of halogens is 1. The Labute approximate surface area is 195 Å². The summed E-state index contributed by atoms with van der Waals surface area (Å²) in [6, 6.07) is 5.15. The molecule has 0 aliphatic carbocycles. The van der Waals surface area contributed by atoms with Gasteiger partial charge in [0.05, 0.1) is 17.9 Å². The maximum atomic E-state index is 13.3. The minimum atomic E-state index is -0.538. The van der Waals surface area contributed by atoms with Crippen LogP contribution in [0.1, 0.15) is 25.3 Å². The zero-order chi connectivity index (χ0) is 23.4. The number of hydrogen-bond acceptors (Lipinski definition) is 8. The van der Waals surface area contributed by atoms with Crippen LogP contribution in [0.25, 0.3) is 10.9 Å². The fraction of sp³-hybridized carbons (Fsp3) is 0.364. The first-order chi connectivity index (χ1) is 16.0. The number of nitrogen functional groups attached to an aromatic ring is 1. The lowest BCUT2D eigenvalue weighted by Crippen LogP contribution is -2.59. The first-order valence-corrected chi connectivity index (χ1v) is 11.0. The van der Waals surface area contributed by atoms with E-state index in [9.17, 15) is 9.59 Å². The van der Waals surface area contributed by atoms with Crippen LogP contribution >= 0.6 is 11.6 Å². The number of carbonyl (C=O) groups excluding carboxylic acids is 2. The molecular weight excluding hydrogens is 446 g/mol. The number of nitrogens with zero attached hydrogens (tertiary/aromatic N) is 6. The summed E-state index contributed by atoms with van der Waals surface area (Å²) in [5, 5.41) is 0.951. The number of aromatic nitrogens is 4. The van der Waals surface area contributed by atoms with Crippen molar-refractivity contribution in [3.63, 3.8) is 0 Å². The minimum absolute atomic E-state index is 0.0821. The van der Waals surface area contributed by atoms with E-state index in [0.717, 1.165) is 22.9 Å². The predicted octanol–water partition coefficient (Wildman–Crippen LogP) is 2.07. The van der Waals surface area contributed by atoms with Gasteiger partial charge in [-0.3, -0.25) is 14.6 Å². The molecule has 1 aliphatic heterocycles. The molecule has 2 amide bonds. The third-order valence-electron chi connectivity index (χ3n) is 5.50. The van der Waals surface area contributed by atoms with E-state index in [1.807, 2.05) is 25.1 Å². The summed E-state index contributed by atoms with van der Waals surface area (Å²) in [5.41, 5.74) is 7.57. The molecule has 11 heteroatoms. The Bertz CT molecular complexity index is 1180. The van der Waals surface area contributed by atoms with E-state index in [1.54, 1.807) is 9.80 Å². The zero-order valence-electron chi connectivity index (χ0n) is 18.1. The summed E-state index contributed by atoms with van der Waals surface area (Å²) in [4.78, 5) is 45.6. The van der Waals surface area contributed by atoms with Crippen molar-refractivity contribution in [2.24, 2.45) is 0 Å². The highest BCUT2D eigenvalue weighted by Crippen LogP contribution is 2.22. The molecule has 10 nitrogen and oxygen atoms in total. The summed E-state index contributed by atoms with van der Waals surface area (Å²) in [7, 11) is 0. The van der Waals surface area contributed by atoms with Crippen molar-refractivity contribution in [1.82, 2.24) is 29.7 Å². The van der Waals surface area contributed by atoms with Gasteiger partial charge in [-0.05, 0) is 24.1 Å². The van der Waals surface area contributed by atoms with Crippen molar-refractivity contribution in [1.29, 1.82) is 0 Å². The van der Waals surface area contributed by atoms with Gasteiger partial charge < -0.3 is 20.3 Å². The average molecular weight is 470 g/mol. The van der Waals surface area contributed by atoms with Crippen LogP contribution in [0.3, 0.4) is 0 Å². The van der Waals surface area contributed by atoms with Crippen LogP contribution in [0.15, 0.2) is 36.9 Å². The molecule has 2 aromatic heterocycles. The molecule has 0 saturated carbocycles. The number of hydrogen-bond donors (Lipinski definition) is 1. The number of fused-ring (bicyclic) bond motifs is 1. The molecule has 0 radical (unpaired) electrons. The lowest BCUT2D eigenvalue weighted by molar-refractivity contribution is -0.153.